The van der Waals surface area contributed by atoms with Gasteiger partial charge >= 0.3 is 0 Å². The van der Waals surface area contributed by atoms with Gasteiger partial charge in [-0.05, 0) is 5.16 Å². The van der Waals surface area contributed by atoms with Gasteiger partial charge in [0.25, 0.3) is 5.88 Å². The van der Waals surface area contributed by atoms with Gasteiger partial charge in [-0.3, -0.25) is 0 Å². The second-order valence-electron chi connectivity index (χ2n) is 2.20. The first-order valence-corrected chi connectivity index (χ1v) is 3.63. The van der Waals surface area contributed by atoms with Crippen molar-refractivity contribution in [3.05, 3.63) is 17.9 Å². The standard InChI is InChI=1S/C8H9NO4/c1-11-6-7-5-8(9-13-7)12-4-2-3-10/h2,5H,4,6H2,1H3. The number of methoxy groups -OCH3 is 1. The number of carbonyl (C=O) groups excluding carboxylic acids is 1. The molecule has 0 aliphatic rings. The lowest BCUT2D eigenvalue weighted by atomic mass is 10.5. The van der Waals surface area contributed by atoms with E-state index in [4.69, 9.17) is 14.0 Å². The molecule has 0 bridgehead atoms. The molecule has 5 heteroatoms. The van der Waals surface area contributed by atoms with E-state index >= 15 is 0 Å². The van der Waals surface area contributed by atoms with Crippen LogP contribution in [-0.4, -0.2) is 24.8 Å². The average molecular weight is 183 g/mol. The van der Waals surface area contributed by atoms with Gasteiger partial charge in [-0.2, -0.15) is 0 Å². The molecule has 0 N–H and O–H groups in total. The summed E-state index contributed by atoms with van der Waals surface area (Å²) in [7, 11) is 1.55. The fraction of sp³-hybridized carbons (Fsp3) is 0.375. The minimum atomic E-state index is 0.141. The van der Waals surface area contributed by atoms with Crippen LogP contribution in [0.15, 0.2) is 16.7 Å². The minimum absolute atomic E-state index is 0.141. The Kier molecular flexibility index (Phi) is 3.75. The number of nitrogens with zero attached hydrogens (tertiary/aromatic N) is 1. The summed E-state index contributed by atoms with van der Waals surface area (Å²) in [5, 5.41) is 3.58. The van der Waals surface area contributed by atoms with Gasteiger partial charge in [0.1, 0.15) is 19.2 Å². The molecule has 0 aliphatic heterocycles. The van der Waals surface area contributed by atoms with Crippen LogP contribution in [0.5, 0.6) is 5.88 Å². The van der Waals surface area contributed by atoms with Gasteiger partial charge in [0.15, 0.2) is 5.76 Å². The molecule has 0 atom stereocenters. The fourth-order valence-electron chi connectivity index (χ4n) is 0.733. The summed E-state index contributed by atoms with van der Waals surface area (Å²) < 4.78 is 14.6. The van der Waals surface area contributed by atoms with Gasteiger partial charge in [0, 0.05) is 19.3 Å². The molecule has 0 saturated carbocycles. The molecule has 0 fully saturated rings. The van der Waals surface area contributed by atoms with Crippen molar-refractivity contribution in [1.82, 2.24) is 5.16 Å². The van der Waals surface area contributed by atoms with Crippen LogP contribution in [0, 0.1) is 0 Å². The third-order valence-electron chi connectivity index (χ3n) is 1.22. The number of hydrogen-bond acceptors (Lipinski definition) is 5. The van der Waals surface area contributed by atoms with E-state index in [1.54, 1.807) is 19.1 Å². The Labute approximate surface area is 74.9 Å². The van der Waals surface area contributed by atoms with Crippen molar-refractivity contribution in [2.75, 3.05) is 13.7 Å². The molecule has 0 unspecified atom stereocenters. The molecule has 5 nitrogen and oxygen atoms in total. The number of aromatic nitrogens is 1. The summed E-state index contributed by atoms with van der Waals surface area (Å²) in [5.41, 5.74) is 0. The van der Waals surface area contributed by atoms with E-state index in [2.05, 4.69) is 5.16 Å². The molecular weight excluding hydrogens is 174 g/mol. The molecule has 0 spiro atoms. The smallest absolute Gasteiger partial charge is 0.254 e. The van der Waals surface area contributed by atoms with Crippen LogP contribution in [-0.2, 0) is 16.1 Å². The van der Waals surface area contributed by atoms with E-state index in [1.165, 1.54) is 6.08 Å². The Bertz CT molecular complexity index is 301. The molecular formula is C8H9NO4. The van der Waals surface area contributed by atoms with Gasteiger partial charge in [-0.15, -0.1) is 0 Å². The van der Waals surface area contributed by atoms with E-state index in [-0.39, 0.29) is 6.61 Å². The number of ether oxygens (including phenoxy) is 2. The predicted octanol–water partition coefficient (Wildman–Crippen LogP) is 0.588. The van der Waals surface area contributed by atoms with Crippen LogP contribution < -0.4 is 4.74 Å². The Hall–Kier alpha value is -1.58. The first-order chi connectivity index (χ1) is 6.36. The zero-order valence-electron chi connectivity index (χ0n) is 7.15. The summed E-state index contributed by atoms with van der Waals surface area (Å²) in [4.78, 5) is 9.78. The van der Waals surface area contributed by atoms with Crippen LogP contribution in [0.4, 0.5) is 0 Å². The Morgan fingerprint density at radius 3 is 3.31 bits per heavy atom. The molecule has 1 heterocycles. The van der Waals surface area contributed by atoms with Crippen molar-refractivity contribution >= 4 is 5.94 Å². The van der Waals surface area contributed by atoms with Gasteiger partial charge in [0.2, 0.25) is 0 Å². The summed E-state index contributed by atoms with van der Waals surface area (Å²) in [5.74, 6) is 2.50. The van der Waals surface area contributed by atoms with Gasteiger partial charge in [-0.1, -0.05) is 0 Å². The molecule has 0 radical (unpaired) electrons. The highest BCUT2D eigenvalue weighted by Gasteiger charge is 2.02. The summed E-state index contributed by atoms with van der Waals surface area (Å²) in [6.07, 6.45) is 1.21. The number of hydrogen-bond donors (Lipinski definition) is 0. The van der Waals surface area contributed by atoms with E-state index in [9.17, 15) is 4.79 Å². The fourth-order valence-corrected chi connectivity index (χ4v) is 0.733. The topological polar surface area (TPSA) is 61.6 Å². The third kappa shape index (κ3) is 3.11. The quantitative estimate of drug-likeness (QED) is 0.625. The maximum absolute atomic E-state index is 9.78. The van der Waals surface area contributed by atoms with Crippen LogP contribution in [0.3, 0.4) is 0 Å². The van der Waals surface area contributed by atoms with Crippen LogP contribution in [0.2, 0.25) is 0 Å². The van der Waals surface area contributed by atoms with E-state index in [0.717, 1.165) is 0 Å². The Morgan fingerprint density at radius 1 is 1.77 bits per heavy atom. The lowest BCUT2D eigenvalue weighted by molar-refractivity contribution is 0.155. The summed E-state index contributed by atoms with van der Waals surface area (Å²) in [6, 6.07) is 1.60. The highest BCUT2D eigenvalue weighted by Crippen LogP contribution is 2.11. The number of rotatable bonds is 5. The van der Waals surface area contributed by atoms with Crippen LogP contribution in [0.25, 0.3) is 0 Å². The van der Waals surface area contributed by atoms with Crippen molar-refractivity contribution in [2.45, 2.75) is 6.61 Å². The van der Waals surface area contributed by atoms with E-state index in [1.807, 2.05) is 0 Å². The van der Waals surface area contributed by atoms with Crippen molar-refractivity contribution in [1.29, 1.82) is 0 Å². The first-order valence-electron chi connectivity index (χ1n) is 3.63. The highest BCUT2D eigenvalue weighted by molar-refractivity contribution is 5.44. The zero-order chi connectivity index (χ0) is 9.52. The van der Waals surface area contributed by atoms with Crippen molar-refractivity contribution < 1.29 is 18.8 Å². The lowest BCUT2D eigenvalue weighted by Crippen LogP contribution is -1.92. The molecule has 13 heavy (non-hydrogen) atoms. The molecule has 0 amide bonds. The van der Waals surface area contributed by atoms with Crippen LogP contribution in [0.1, 0.15) is 5.76 Å². The third-order valence-corrected chi connectivity index (χ3v) is 1.22. The zero-order valence-corrected chi connectivity index (χ0v) is 7.15. The highest BCUT2D eigenvalue weighted by atomic mass is 16.5. The maximum atomic E-state index is 9.78. The van der Waals surface area contributed by atoms with E-state index < -0.39 is 0 Å². The Morgan fingerprint density at radius 2 is 2.62 bits per heavy atom. The van der Waals surface area contributed by atoms with Crippen molar-refractivity contribution in [2.24, 2.45) is 0 Å². The average Bonchev–Trinajstić information content (AvgIpc) is 2.54. The second-order valence-corrected chi connectivity index (χ2v) is 2.20. The van der Waals surface area contributed by atoms with Gasteiger partial charge in [-0.25, -0.2) is 4.79 Å². The first kappa shape index (κ1) is 9.51. The summed E-state index contributed by atoms with van der Waals surface area (Å²) >= 11 is 0. The molecule has 0 aromatic carbocycles. The maximum Gasteiger partial charge on any atom is 0.254 e. The molecule has 70 valence electrons. The molecule has 1 aromatic heterocycles. The Balaban J connectivity index is 2.43. The molecule has 1 aromatic rings. The van der Waals surface area contributed by atoms with Gasteiger partial charge < -0.3 is 14.0 Å². The lowest BCUT2D eigenvalue weighted by Gasteiger charge is -1.92. The second kappa shape index (κ2) is 5.13. The summed E-state index contributed by atoms with van der Waals surface area (Å²) in [6.45, 7) is 0.488. The molecule has 1 rings (SSSR count). The normalized spacial score (nSPS) is 9.31. The predicted molar refractivity (Wildman–Crippen MR) is 43.0 cm³/mol. The molecule has 0 aliphatic carbocycles. The minimum Gasteiger partial charge on any atom is -0.470 e. The monoisotopic (exact) mass is 183 g/mol. The largest absolute Gasteiger partial charge is 0.470 e. The van der Waals surface area contributed by atoms with Crippen molar-refractivity contribution in [3.8, 4) is 5.88 Å². The molecule has 0 saturated heterocycles. The SMILES string of the molecule is COCc1cc(OCC=C=O)no1. The van der Waals surface area contributed by atoms with E-state index in [0.29, 0.717) is 18.2 Å². The van der Waals surface area contributed by atoms with Gasteiger partial charge in [0.05, 0.1) is 0 Å². The van der Waals surface area contributed by atoms with Crippen molar-refractivity contribution in [3.63, 3.8) is 0 Å². The van der Waals surface area contributed by atoms with Crippen LogP contribution >= 0.6 is 0 Å².